The maximum absolute atomic E-state index is 12.6. The van der Waals surface area contributed by atoms with Crippen molar-refractivity contribution in [3.05, 3.63) is 29.8 Å². The van der Waals surface area contributed by atoms with Gasteiger partial charge in [-0.15, -0.1) is 0 Å². The van der Waals surface area contributed by atoms with Crippen LogP contribution in [0.5, 0.6) is 0 Å². The largest absolute Gasteiger partial charge is 0.342 e. The molecule has 3 amide bonds. The summed E-state index contributed by atoms with van der Waals surface area (Å²) in [4.78, 5) is 30.3. The number of urea groups is 1. The van der Waals surface area contributed by atoms with Crippen LogP contribution in [0.1, 0.15) is 24.8 Å². The molecule has 3 rings (SSSR count). The molecule has 0 bridgehead atoms. The highest BCUT2D eigenvalue weighted by Crippen LogP contribution is 2.19. The van der Waals surface area contributed by atoms with Crippen LogP contribution < -0.4 is 10.2 Å². The summed E-state index contributed by atoms with van der Waals surface area (Å²) in [6, 6.07) is 8.29. The number of anilines is 1. The number of likely N-dealkylation sites (tertiary alicyclic amines) is 1. The zero-order chi connectivity index (χ0) is 17.8. The highest BCUT2D eigenvalue weighted by molar-refractivity contribution is 5.94. The van der Waals surface area contributed by atoms with Gasteiger partial charge in [0.1, 0.15) is 0 Å². The lowest BCUT2D eigenvalue weighted by molar-refractivity contribution is -0.130. The van der Waals surface area contributed by atoms with Crippen molar-refractivity contribution >= 4 is 17.6 Å². The second-order valence-electron chi connectivity index (χ2n) is 7.16. The van der Waals surface area contributed by atoms with Gasteiger partial charge in [-0.05, 0) is 51.1 Å². The third-order valence-corrected chi connectivity index (χ3v) is 5.24. The van der Waals surface area contributed by atoms with Crippen LogP contribution in [0.3, 0.4) is 0 Å². The molecule has 1 atom stereocenters. The summed E-state index contributed by atoms with van der Waals surface area (Å²) in [5.41, 5.74) is 1.89. The second kappa shape index (κ2) is 7.87. The predicted octanol–water partition coefficient (Wildman–Crippen LogP) is 1.70. The van der Waals surface area contributed by atoms with E-state index in [4.69, 9.17) is 0 Å². The first-order valence-electron chi connectivity index (χ1n) is 9.13. The molecule has 1 aromatic rings. The highest BCUT2D eigenvalue weighted by atomic mass is 16.2. The van der Waals surface area contributed by atoms with Crippen molar-refractivity contribution in [3.8, 4) is 0 Å². The molecule has 0 saturated carbocycles. The van der Waals surface area contributed by atoms with Gasteiger partial charge in [0.2, 0.25) is 5.91 Å². The Morgan fingerprint density at radius 2 is 1.92 bits per heavy atom. The first-order valence-corrected chi connectivity index (χ1v) is 9.13. The van der Waals surface area contributed by atoms with Gasteiger partial charge in [-0.3, -0.25) is 9.69 Å². The summed E-state index contributed by atoms with van der Waals surface area (Å²) in [6.07, 6.45) is 3.70. The molecule has 2 aliphatic rings. The molecule has 1 aromatic carbocycles. The Kier molecular flexibility index (Phi) is 5.58. The van der Waals surface area contributed by atoms with Crippen molar-refractivity contribution in [3.63, 3.8) is 0 Å². The topological polar surface area (TPSA) is 55.9 Å². The number of carbonyl (C=O) groups is 2. The number of nitrogens with zero attached hydrogens (tertiary/aromatic N) is 3. The molecule has 136 valence electrons. The molecule has 6 heteroatoms. The van der Waals surface area contributed by atoms with Crippen LogP contribution in [-0.4, -0.2) is 68.1 Å². The lowest BCUT2D eigenvalue weighted by atomic mass is 10.1. The van der Waals surface area contributed by atoms with E-state index in [9.17, 15) is 9.59 Å². The van der Waals surface area contributed by atoms with Crippen molar-refractivity contribution in [1.82, 2.24) is 15.1 Å². The summed E-state index contributed by atoms with van der Waals surface area (Å²) in [5.74, 6) is 0.200. The van der Waals surface area contributed by atoms with Crippen LogP contribution in [0, 0.1) is 0 Å². The first-order chi connectivity index (χ1) is 12.0. The van der Waals surface area contributed by atoms with Crippen molar-refractivity contribution in [2.24, 2.45) is 0 Å². The van der Waals surface area contributed by atoms with Crippen molar-refractivity contribution in [2.45, 2.75) is 31.7 Å². The zero-order valence-corrected chi connectivity index (χ0v) is 15.2. The smallest absolute Gasteiger partial charge is 0.321 e. The third-order valence-electron chi connectivity index (χ3n) is 5.24. The molecule has 25 heavy (non-hydrogen) atoms. The van der Waals surface area contributed by atoms with Crippen molar-refractivity contribution in [2.75, 3.05) is 45.2 Å². The SMILES string of the molecule is CN(C)C1CCCN(C(=O)Cc2ccc(N3CCNC3=O)cc2)CC1. The van der Waals surface area contributed by atoms with Crippen molar-refractivity contribution in [1.29, 1.82) is 0 Å². The van der Waals surface area contributed by atoms with E-state index in [2.05, 4.69) is 24.3 Å². The Bertz CT molecular complexity index is 614. The summed E-state index contributed by atoms with van der Waals surface area (Å²) >= 11 is 0. The number of hydrogen-bond donors (Lipinski definition) is 1. The highest BCUT2D eigenvalue weighted by Gasteiger charge is 2.23. The Balaban J connectivity index is 1.56. The summed E-state index contributed by atoms with van der Waals surface area (Å²) in [5, 5.41) is 2.80. The molecule has 6 nitrogen and oxygen atoms in total. The Morgan fingerprint density at radius 3 is 2.56 bits per heavy atom. The first kappa shape index (κ1) is 17.7. The molecule has 1 N–H and O–H groups in total. The van der Waals surface area contributed by atoms with Gasteiger partial charge in [0, 0.05) is 37.9 Å². The number of carbonyl (C=O) groups excluding carboxylic acids is 2. The molecule has 0 aromatic heterocycles. The number of amides is 3. The van der Waals surface area contributed by atoms with Crippen LogP contribution in [0.2, 0.25) is 0 Å². The van der Waals surface area contributed by atoms with Gasteiger partial charge in [0.05, 0.1) is 6.42 Å². The molecule has 2 saturated heterocycles. The predicted molar refractivity (Wildman–Crippen MR) is 98.8 cm³/mol. The normalized spacial score (nSPS) is 21.4. The molecule has 0 spiro atoms. The number of nitrogens with one attached hydrogen (secondary N) is 1. The maximum Gasteiger partial charge on any atom is 0.321 e. The fourth-order valence-electron chi connectivity index (χ4n) is 3.64. The minimum Gasteiger partial charge on any atom is -0.342 e. The summed E-state index contributed by atoms with van der Waals surface area (Å²) in [7, 11) is 4.23. The van der Waals surface area contributed by atoms with Crippen LogP contribution in [-0.2, 0) is 11.2 Å². The molecule has 0 radical (unpaired) electrons. The van der Waals surface area contributed by atoms with Gasteiger partial charge in [-0.2, -0.15) is 0 Å². The van der Waals surface area contributed by atoms with Crippen LogP contribution in [0.25, 0.3) is 0 Å². The minimum atomic E-state index is -0.0520. The number of rotatable bonds is 4. The maximum atomic E-state index is 12.6. The van der Waals surface area contributed by atoms with Gasteiger partial charge in [0.25, 0.3) is 0 Å². The van der Waals surface area contributed by atoms with E-state index in [1.165, 1.54) is 0 Å². The van der Waals surface area contributed by atoms with Gasteiger partial charge in [0.15, 0.2) is 0 Å². The standard InChI is InChI=1S/C19H28N4O2/c1-21(2)16-4-3-11-22(12-9-16)18(24)14-15-5-7-17(8-6-15)23-13-10-20-19(23)25/h5-8,16H,3-4,9-14H2,1-2H3,(H,20,25). The zero-order valence-electron chi connectivity index (χ0n) is 15.2. The average molecular weight is 344 g/mol. The fraction of sp³-hybridized carbons (Fsp3) is 0.579. The monoisotopic (exact) mass is 344 g/mol. The van der Waals surface area contributed by atoms with Gasteiger partial charge in [-0.1, -0.05) is 12.1 Å². The van der Waals surface area contributed by atoms with Crippen molar-refractivity contribution < 1.29 is 9.59 Å². The van der Waals surface area contributed by atoms with Crippen LogP contribution in [0.15, 0.2) is 24.3 Å². The fourth-order valence-corrected chi connectivity index (χ4v) is 3.64. The lowest BCUT2D eigenvalue weighted by Crippen LogP contribution is -2.34. The Labute approximate surface area is 149 Å². The molecule has 0 aliphatic carbocycles. The second-order valence-corrected chi connectivity index (χ2v) is 7.16. The summed E-state index contributed by atoms with van der Waals surface area (Å²) < 4.78 is 0. The number of hydrogen-bond acceptors (Lipinski definition) is 3. The van der Waals surface area contributed by atoms with Gasteiger partial charge < -0.3 is 15.1 Å². The number of benzene rings is 1. The minimum absolute atomic E-state index is 0.0520. The lowest BCUT2D eigenvalue weighted by Gasteiger charge is -2.23. The van der Waals surface area contributed by atoms with E-state index >= 15 is 0 Å². The van der Waals surface area contributed by atoms with Gasteiger partial charge in [-0.25, -0.2) is 4.79 Å². The Morgan fingerprint density at radius 1 is 1.16 bits per heavy atom. The van der Waals surface area contributed by atoms with E-state index in [1.54, 1.807) is 4.90 Å². The summed E-state index contributed by atoms with van der Waals surface area (Å²) in [6.45, 7) is 3.07. The van der Waals surface area contributed by atoms with Gasteiger partial charge >= 0.3 is 6.03 Å². The van der Waals surface area contributed by atoms with E-state index < -0.39 is 0 Å². The average Bonchev–Trinajstić information content (AvgIpc) is 2.87. The molecule has 2 heterocycles. The van der Waals surface area contributed by atoms with Crippen LogP contribution >= 0.6 is 0 Å². The third kappa shape index (κ3) is 4.31. The Hall–Kier alpha value is -2.08. The van der Waals surface area contributed by atoms with E-state index in [-0.39, 0.29) is 11.9 Å². The molecular weight excluding hydrogens is 316 g/mol. The quantitative estimate of drug-likeness (QED) is 0.904. The van der Waals surface area contributed by atoms with Crippen LogP contribution in [0.4, 0.5) is 10.5 Å². The van der Waals surface area contributed by atoms with E-state index in [0.717, 1.165) is 43.6 Å². The molecular formula is C19H28N4O2. The van der Waals surface area contributed by atoms with E-state index in [0.29, 0.717) is 25.6 Å². The molecule has 2 fully saturated rings. The molecule has 1 unspecified atom stereocenters. The molecule has 2 aliphatic heterocycles. The van der Waals surface area contributed by atoms with E-state index in [1.807, 2.05) is 29.2 Å².